The summed E-state index contributed by atoms with van der Waals surface area (Å²) in [5.41, 5.74) is 5.01. The van der Waals surface area contributed by atoms with E-state index < -0.39 is 4.92 Å². The predicted octanol–water partition coefficient (Wildman–Crippen LogP) is 3.36. The van der Waals surface area contributed by atoms with Crippen LogP contribution in [0, 0.1) is 24.0 Å². The van der Waals surface area contributed by atoms with Crippen molar-refractivity contribution in [3.05, 3.63) is 74.8 Å². The minimum Gasteiger partial charge on any atom is -0.295 e. The molecule has 0 saturated carbocycles. The fourth-order valence-corrected chi connectivity index (χ4v) is 3.11. The molecule has 0 bridgehead atoms. The van der Waals surface area contributed by atoms with Crippen LogP contribution in [-0.2, 0) is 6.54 Å². The van der Waals surface area contributed by atoms with Gasteiger partial charge in [-0.15, -0.1) is 0 Å². The average Bonchev–Trinajstić information content (AvgIpc) is 2.64. The lowest BCUT2D eigenvalue weighted by molar-refractivity contribution is -0.384. The van der Waals surface area contributed by atoms with Crippen LogP contribution in [0.5, 0.6) is 0 Å². The van der Waals surface area contributed by atoms with Crippen LogP contribution in [0.2, 0.25) is 0 Å². The van der Waals surface area contributed by atoms with E-state index in [1.54, 1.807) is 18.3 Å². The van der Waals surface area contributed by atoms with Crippen LogP contribution in [0.15, 0.2) is 47.6 Å². The number of nitro groups is 1. The minimum absolute atomic E-state index is 0.0992. The zero-order chi connectivity index (χ0) is 18.5. The van der Waals surface area contributed by atoms with E-state index in [2.05, 4.69) is 47.1 Å². The van der Waals surface area contributed by atoms with Crippen LogP contribution < -0.4 is 0 Å². The summed E-state index contributed by atoms with van der Waals surface area (Å²) in [6.45, 7) is 9.00. The number of hydrogen-bond donors (Lipinski definition) is 0. The first-order chi connectivity index (χ1) is 12.5. The Hall–Kier alpha value is -2.73. The standard InChI is InChI=1S/C20H24N4O2/c1-16-3-6-19(17(2)13-16)15-22-9-11-23(12-10-22)21-14-18-4-7-20(8-5-18)24(25)26/h3-8,13-14H,9-12,15H2,1-2H3/b21-14-. The van der Waals surface area contributed by atoms with Crippen molar-refractivity contribution in [3.8, 4) is 0 Å². The number of hydrogen-bond acceptors (Lipinski definition) is 5. The highest BCUT2D eigenvalue weighted by Gasteiger charge is 2.16. The normalized spacial score (nSPS) is 15.5. The maximum atomic E-state index is 10.7. The molecule has 6 nitrogen and oxygen atoms in total. The Morgan fingerprint density at radius 1 is 1.08 bits per heavy atom. The molecule has 0 N–H and O–H groups in total. The Bertz CT molecular complexity index is 794. The maximum Gasteiger partial charge on any atom is 0.269 e. The van der Waals surface area contributed by atoms with E-state index in [1.807, 2.05) is 0 Å². The van der Waals surface area contributed by atoms with Gasteiger partial charge in [-0.3, -0.25) is 20.0 Å². The van der Waals surface area contributed by atoms with Gasteiger partial charge >= 0.3 is 0 Å². The number of nitro benzene ring substituents is 1. The lowest BCUT2D eigenvalue weighted by Crippen LogP contribution is -2.43. The first kappa shape index (κ1) is 18.1. The molecule has 0 unspecified atom stereocenters. The molecule has 0 amide bonds. The van der Waals surface area contributed by atoms with E-state index in [9.17, 15) is 10.1 Å². The SMILES string of the molecule is Cc1ccc(CN2CCN(/N=C\c3ccc([N+](=O)[O-])cc3)CC2)c(C)c1. The van der Waals surface area contributed by atoms with E-state index >= 15 is 0 Å². The van der Waals surface area contributed by atoms with Gasteiger partial charge in [-0.2, -0.15) is 5.10 Å². The van der Waals surface area contributed by atoms with Crippen LogP contribution in [0.4, 0.5) is 5.69 Å². The van der Waals surface area contributed by atoms with Gasteiger partial charge in [-0.25, -0.2) is 0 Å². The number of hydrazone groups is 1. The summed E-state index contributed by atoms with van der Waals surface area (Å²) >= 11 is 0. The second kappa shape index (κ2) is 8.10. The van der Waals surface area contributed by atoms with Gasteiger partial charge in [0.25, 0.3) is 5.69 Å². The van der Waals surface area contributed by atoms with Gasteiger partial charge in [-0.1, -0.05) is 23.8 Å². The highest BCUT2D eigenvalue weighted by Crippen LogP contribution is 2.15. The molecule has 0 aromatic heterocycles. The summed E-state index contributed by atoms with van der Waals surface area (Å²) in [5, 5.41) is 17.2. The Morgan fingerprint density at radius 3 is 2.38 bits per heavy atom. The van der Waals surface area contributed by atoms with Gasteiger partial charge in [0, 0.05) is 44.9 Å². The van der Waals surface area contributed by atoms with E-state index in [4.69, 9.17) is 0 Å². The fourth-order valence-electron chi connectivity index (χ4n) is 3.11. The van der Waals surface area contributed by atoms with Crippen LogP contribution in [0.3, 0.4) is 0 Å². The maximum absolute atomic E-state index is 10.7. The van der Waals surface area contributed by atoms with Crippen molar-refractivity contribution in [2.24, 2.45) is 5.10 Å². The van der Waals surface area contributed by atoms with E-state index in [0.717, 1.165) is 38.3 Å². The molecule has 3 rings (SSSR count). The second-order valence-corrected chi connectivity index (χ2v) is 6.75. The number of nitrogens with zero attached hydrogens (tertiary/aromatic N) is 4. The van der Waals surface area contributed by atoms with E-state index in [-0.39, 0.29) is 5.69 Å². The predicted molar refractivity (Wildman–Crippen MR) is 103 cm³/mol. The van der Waals surface area contributed by atoms with Gasteiger partial charge in [-0.05, 0) is 42.7 Å². The third kappa shape index (κ3) is 4.67. The van der Waals surface area contributed by atoms with Crippen molar-refractivity contribution >= 4 is 11.9 Å². The monoisotopic (exact) mass is 352 g/mol. The van der Waals surface area contributed by atoms with Crippen molar-refractivity contribution < 1.29 is 4.92 Å². The summed E-state index contributed by atoms with van der Waals surface area (Å²) in [6, 6.07) is 13.1. The number of benzene rings is 2. The highest BCUT2D eigenvalue weighted by atomic mass is 16.6. The summed E-state index contributed by atoms with van der Waals surface area (Å²) in [5.74, 6) is 0. The molecule has 1 saturated heterocycles. The summed E-state index contributed by atoms with van der Waals surface area (Å²) in [6.07, 6.45) is 1.77. The molecule has 0 aliphatic carbocycles. The van der Waals surface area contributed by atoms with Crippen molar-refractivity contribution in [1.82, 2.24) is 9.91 Å². The number of piperazine rings is 1. The molecule has 1 heterocycles. The lowest BCUT2D eigenvalue weighted by atomic mass is 10.1. The molecule has 6 heteroatoms. The summed E-state index contributed by atoms with van der Waals surface area (Å²) < 4.78 is 0. The number of aryl methyl sites for hydroxylation is 2. The molecule has 1 aliphatic rings. The van der Waals surface area contributed by atoms with Gasteiger partial charge in [0.05, 0.1) is 11.1 Å². The molecule has 0 atom stereocenters. The van der Waals surface area contributed by atoms with Gasteiger partial charge in [0.1, 0.15) is 0 Å². The van der Waals surface area contributed by atoms with E-state index in [1.165, 1.54) is 28.8 Å². The van der Waals surface area contributed by atoms with Crippen molar-refractivity contribution in [1.29, 1.82) is 0 Å². The Labute approximate surface area is 153 Å². The Balaban J connectivity index is 1.51. The van der Waals surface area contributed by atoms with Crippen LogP contribution in [0.25, 0.3) is 0 Å². The molecule has 2 aromatic rings. The average molecular weight is 352 g/mol. The topological polar surface area (TPSA) is 62.0 Å². The molecule has 1 aliphatic heterocycles. The van der Waals surface area contributed by atoms with Crippen LogP contribution in [0.1, 0.15) is 22.3 Å². The smallest absolute Gasteiger partial charge is 0.269 e. The molecule has 2 aromatic carbocycles. The Morgan fingerprint density at radius 2 is 1.77 bits per heavy atom. The fraction of sp³-hybridized carbons (Fsp3) is 0.350. The first-order valence-corrected chi connectivity index (χ1v) is 8.83. The second-order valence-electron chi connectivity index (χ2n) is 6.75. The van der Waals surface area contributed by atoms with Gasteiger partial charge in [0.2, 0.25) is 0 Å². The molecule has 1 fully saturated rings. The molecular formula is C20H24N4O2. The van der Waals surface area contributed by atoms with Crippen LogP contribution in [-0.4, -0.2) is 47.2 Å². The quantitative estimate of drug-likeness (QED) is 0.470. The summed E-state index contributed by atoms with van der Waals surface area (Å²) in [7, 11) is 0. The highest BCUT2D eigenvalue weighted by molar-refractivity contribution is 5.79. The van der Waals surface area contributed by atoms with Crippen molar-refractivity contribution in [2.45, 2.75) is 20.4 Å². The number of rotatable bonds is 5. The molecule has 0 spiro atoms. The molecule has 26 heavy (non-hydrogen) atoms. The van der Waals surface area contributed by atoms with E-state index in [0.29, 0.717) is 0 Å². The largest absolute Gasteiger partial charge is 0.295 e. The molecule has 0 radical (unpaired) electrons. The summed E-state index contributed by atoms with van der Waals surface area (Å²) in [4.78, 5) is 12.7. The molecular weight excluding hydrogens is 328 g/mol. The third-order valence-corrected chi connectivity index (χ3v) is 4.71. The minimum atomic E-state index is -0.393. The zero-order valence-corrected chi connectivity index (χ0v) is 15.3. The Kier molecular flexibility index (Phi) is 5.63. The van der Waals surface area contributed by atoms with Gasteiger partial charge in [0.15, 0.2) is 0 Å². The van der Waals surface area contributed by atoms with Crippen LogP contribution >= 0.6 is 0 Å². The zero-order valence-electron chi connectivity index (χ0n) is 15.3. The first-order valence-electron chi connectivity index (χ1n) is 8.83. The molecule has 136 valence electrons. The van der Waals surface area contributed by atoms with Crippen molar-refractivity contribution in [3.63, 3.8) is 0 Å². The van der Waals surface area contributed by atoms with Gasteiger partial charge < -0.3 is 0 Å². The van der Waals surface area contributed by atoms with Crippen molar-refractivity contribution in [2.75, 3.05) is 26.2 Å². The lowest BCUT2D eigenvalue weighted by Gasteiger charge is -2.33. The third-order valence-electron chi connectivity index (χ3n) is 4.71. The number of non-ortho nitro benzene ring substituents is 1.